The van der Waals surface area contributed by atoms with Crippen LogP contribution in [0.4, 0.5) is 5.82 Å². The first kappa shape index (κ1) is 10.8. The first-order valence-electron chi connectivity index (χ1n) is 4.73. The molecule has 0 unspecified atom stereocenters. The zero-order valence-corrected chi connectivity index (χ0v) is 9.32. The van der Waals surface area contributed by atoms with E-state index >= 15 is 0 Å². The minimum atomic E-state index is -1.07. The van der Waals surface area contributed by atoms with Crippen molar-refractivity contribution in [3.63, 3.8) is 0 Å². The normalized spacial score (nSPS) is 10.9. The van der Waals surface area contributed by atoms with Gasteiger partial charge in [0, 0.05) is 6.20 Å². The van der Waals surface area contributed by atoms with E-state index in [0.29, 0.717) is 17.9 Å². The van der Waals surface area contributed by atoms with E-state index in [9.17, 15) is 4.79 Å². The number of carbonyl (C=O) groups is 1. The fraction of sp³-hybridized carbons (Fsp3) is 0.200. The lowest BCUT2D eigenvalue weighted by atomic mass is 10.2. The van der Waals surface area contributed by atoms with Crippen molar-refractivity contribution in [1.82, 2.24) is 9.38 Å². The van der Waals surface area contributed by atoms with Crippen molar-refractivity contribution in [3.8, 4) is 0 Å². The van der Waals surface area contributed by atoms with Crippen LogP contribution >= 0.6 is 11.6 Å². The Labute approximate surface area is 96.5 Å². The van der Waals surface area contributed by atoms with Crippen LogP contribution in [0.5, 0.6) is 0 Å². The number of hydrogen-bond donors (Lipinski definition) is 2. The maximum atomic E-state index is 11.0. The fourth-order valence-electron chi connectivity index (χ4n) is 1.51. The molecule has 0 aliphatic heterocycles. The standard InChI is InChI=1S/C10H10ClN3O2/c1-2-5-4-14-8(12)7(11)3-6(10(15)16)9(14)13-5/h3-4H,2,12H2,1H3,(H,15,16). The molecule has 2 aromatic heterocycles. The van der Waals surface area contributed by atoms with Gasteiger partial charge in [0.2, 0.25) is 0 Å². The van der Waals surface area contributed by atoms with Crippen molar-refractivity contribution in [2.75, 3.05) is 5.73 Å². The number of hydrogen-bond acceptors (Lipinski definition) is 3. The van der Waals surface area contributed by atoms with E-state index in [-0.39, 0.29) is 10.6 Å². The zero-order valence-electron chi connectivity index (χ0n) is 8.57. The summed E-state index contributed by atoms with van der Waals surface area (Å²) in [4.78, 5) is 15.2. The number of aryl methyl sites for hydroxylation is 1. The summed E-state index contributed by atoms with van der Waals surface area (Å²) in [7, 11) is 0. The van der Waals surface area contributed by atoms with Crippen LogP contribution in [-0.2, 0) is 6.42 Å². The number of rotatable bonds is 2. The second-order valence-corrected chi connectivity index (χ2v) is 3.78. The van der Waals surface area contributed by atoms with Gasteiger partial charge in [-0.1, -0.05) is 18.5 Å². The van der Waals surface area contributed by atoms with E-state index in [4.69, 9.17) is 22.4 Å². The average molecular weight is 240 g/mol. The third-order valence-corrected chi connectivity index (χ3v) is 2.67. The number of carboxylic acids is 1. The molecule has 2 rings (SSSR count). The van der Waals surface area contributed by atoms with Crippen molar-refractivity contribution in [1.29, 1.82) is 0 Å². The van der Waals surface area contributed by atoms with Crippen molar-refractivity contribution in [3.05, 3.63) is 28.5 Å². The number of imidazole rings is 1. The van der Waals surface area contributed by atoms with Gasteiger partial charge in [-0.2, -0.15) is 0 Å². The van der Waals surface area contributed by atoms with E-state index in [0.717, 1.165) is 5.69 Å². The highest BCUT2D eigenvalue weighted by molar-refractivity contribution is 6.33. The van der Waals surface area contributed by atoms with Crippen molar-refractivity contribution < 1.29 is 9.90 Å². The Bertz CT molecular complexity index is 577. The smallest absolute Gasteiger partial charge is 0.339 e. The molecule has 5 nitrogen and oxygen atoms in total. The summed E-state index contributed by atoms with van der Waals surface area (Å²) < 4.78 is 1.50. The summed E-state index contributed by atoms with van der Waals surface area (Å²) in [6, 6.07) is 1.32. The molecule has 2 heterocycles. The second kappa shape index (κ2) is 3.68. The highest BCUT2D eigenvalue weighted by Gasteiger charge is 2.16. The van der Waals surface area contributed by atoms with Crippen LogP contribution in [0.15, 0.2) is 12.3 Å². The second-order valence-electron chi connectivity index (χ2n) is 3.38. The molecular formula is C10H10ClN3O2. The number of anilines is 1. The molecule has 0 radical (unpaired) electrons. The van der Waals surface area contributed by atoms with Crippen molar-refractivity contribution in [2.24, 2.45) is 0 Å². The summed E-state index contributed by atoms with van der Waals surface area (Å²) in [6.45, 7) is 1.93. The van der Waals surface area contributed by atoms with Gasteiger partial charge in [0.1, 0.15) is 11.4 Å². The van der Waals surface area contributed by atoms with E-state index in [1.165, 1.54) is 10.5 Å². The van der Waals surface area contributed by atoms with E-state index in [2.05, 4.69) is 4.98 Å². The first-order valence-corrected chi connectivity index (χ1v) is 5.11. The topological polar surface area (TPSA) is 80.6 Å². The Morgan fingerprint density at radius 2 is 2.38 bits per heavy atom. The summed E-state index contributed by atoms with van der Waals surface area (Å²) in [5.41, 5.74) is 6.91. The molecular weight excluding hydrogens is 230 g/mol. The van der Waals surface area contributed by atoms with Crippen LogP contribution < -0.4 is 5.73 Å². The van der Waals surface area contributed by atoms with Gasteiger partial charge in [-0.05, 0) is 12.5 Å². The highest BCUT2D eigenvalue weighted by atomic mass is 35.5. The minimum Gasteiger partial charge on any atom is -0.478 e. The summed E-state index contributed by atoms with van der Waals surface area (Å²) >= 11 is 5.85. The molecule has 16 heavy (non-hydrogen) atoms. The number of nitrogens with zero attached hydrogens (tertiary/aromatic N) is 2. The van der Waals surface area contributed by atoms with Gasteiger partial charge in [0.15, 0.2) is 5.65 Å². The van der Waals surface area contributed by atoms with E-state index in [1.807, 2.05) is 6.92 Å². The third-order valence-electron chi connectivity index (χ3n) is 2.36. The molecule has 84 valence electrons. The van der Waals surface area contributed by atoms with Crippen LogP contribution in [0.1, 0.15) is 23.0 Å². The van der Waals surface area contributed by atoms with Gasteiger partial charge in [0.05, 0.1) is 10.7 Å². The summed E-state index contributed by atoms with van der Waals surface area (Å²) in [6.07, 6.45) is 2.40. The van der Waals surface area contributed by atoms with Gasteiger partial charge in [-0.15, -0.1) is 0 Å². The Kier molecular flexibility index (Phi) is 2.47. The number of nitrogens with two attached hydrogens (primary N) is 1. The predicted molar refractivity (Wildman–Crippen MR) is 61.0 cm³/mol. The molecule has 0 aliphatic rings. The molecule has 0 aliphatic carbocycles. The van der Waals surface area contributed by atoms with Crippen LogP contribution in [-0.4, -0.2) is 20.5 Å². The quantitative estimate of drug-likeness (QED) is 0.838. The van der Waals surface area contributed by atoms with Gasteiger partial charge >= 0.3 is 5.97 Å². The van der Waals surface area contributed by atoms with E-state index in [1.54, 1.807) is 6.20 Å². The molecule has 0 amide bonds. The van der Waals surface area contributed by atoms with Gasteiger partial charge < -0.3 is 10.8 Å². The summed E-state index contributed by atoms with van der Waals surface area (Å²) in [5, 5.41) is 9.24. The molecule has 0 bridgehead atoms. The first-order chi connectivity index (χ1) is 7.54. The molecule has 0 saturated carbocycles. The monoisotopic (exact) mass is 239 g/mol. The molecule has 6 heteroatoms. The Morgan fingerprint density at radius 1 is 1.69 bits per heavy atom. The molecule has 0 saturated heterocycles. The van der Waals surface area contributed by atoms with Gasteiger partial charge in [-0.25, -0.2) is 9.78 Å². The SMILES string of the molecule is CCc1cn2c(N)c(Cl)cc(C(=O)O)c2n1. The number of aromatic carboxylic acids is 1. The number of carboxylic acid groups (broad SMARTS) is 1. The van der Waals surface area contributed by atoms with Gasteiger partial charge in [-0.3, -0.25) is 4.40 Å². The largest absolute Gasteiger partial charge is 0.478 e. The number of nitrogen functional groups attached to an aromatic ring is 1. The van der Waals surface area contributed by atoms with Crippen molar-refractivity contribution in [2.45, 2.75) is 13.3 Å². The average Bonchev–Trinajstić information content (AvgIpc) is 2.67. The lowest BCUT2D eigenvalue weighted by Gasteiger charge is -2.04. The van der Waals surface area contributed by atoms with Gasteiger partial charge in [0.25, 0.3) is 0 Å². The maximum absolute atomic E-state index is 11.0. The van der Waals surface area contributed by atoms with Crippen LogP contribution in [0.25, 0.3) is 5.65 Å². The lowest BCUT2D eigenvalue weighted by Crippen LogP contribution is -2.04. The third kappa shape index (κ3) is 1.49. The molecule has 0 spiro atoms. The Morgan fingerprint density at radius 3 is 2.94 bits per heavy atom. The number of aromatic nitrogens is 2. The van der Waals surface area contributed by atoms with Crippen molar-refractivity contribution >= 4 is 29.0 Å². The minimum absolute atomic E-state index is 0.0545. The zero-order chi connectivity index (χ0) is 11.9. The fourth-order valence-corrected chi connectivity index (χ4v) is 1.71. The molecule has 0 atom stereocenters. The van der Waals surface area contributed by atoms with E-state index < -0.39 is 5.97 Å². The highest BCUT2D eigenvalue weighted by Crippen LogP contribution is 2.24. The molecule has 0 fully saturated rings. The van der Waals surface area contributed by atoms with Crippen LogP contribution in [0.3, 0.4) is 0 Å². The Hall–Kier alpha value is -1.75. The Balaban J connectivity index is 2.86. The summed E-state index contributed by atoms with van der Waals surface area (Å²) in [5.74, 6) is -0.769. The molecule has 2 aromatic rings. The van der Waals surface area contributed by atoms with Crippen LogP contribution in [0.2, 0.25) is 5.02 Å². The maximum Gasteiger partial charge on any atom is 0.339 e. The predicted octanol–water partition coefficient (Wildman–Crippen LogP) is 1.83. The lowest BCUT2D eigenvalue weighted by molar-refractivity contribution is 0.0698. The molecule has 3 N–H and O–H groups in total. The molecule has 0 aromatic carbocycles. The number of fused-ring (bicyclic) bond motifs is 1. The number of pyridine rings is 1. The number of halogens is 1. The van der Waals surface area contributed by atoms with Crippen LogP contribution in [0, 0.1) is 0 Å².